The zero-order valence-corrected chi connectivity index (χ0v) is 13.0. The molecule has 0 fully saturated rings. The SMILES string of the molecule is Cc1cc(Cl)cc(CS(=O)c2nc3ccccc3[nH]2)c1N. The van der Waals surface area contributed by atoms with Crippen molar-refractivity contribution in [2.75, 3.05) is 5.73 Å². The zero-order chi connectivity index (χ0) is 15.0. The molecule has 2 aromatic carbocycles. The normalized spacial score (nSPS) is 12.7. The first kappa shape index (κ1) is 14.1. The van der Waals surface area contributed by atoms with Gasteiger partial charge in [-0.1, -0.05) is 23.7 Å². The third kappa shape index (κ3) is 2.80. The number of imidazole rings is 1. The summed E-state index contributed by atoms with van der Waals surface area (Å²) in [6.45, 7) is 1.88. The highest BCUT2D eigenvalue weighted by molar-refractivity contribution is 7.84. The topological polar surface area (TPSA) is 71.8 Å². The fourth-order valence-corrected chi connectivity index (χ4v) is 3.57. The Kier molecular flexibility index (Phi) is 3.69. The van der Waals surface area contributed by atoms with Crippen LogP contribution in [-0.4, -0.2) is 14.2 Å². The zero-order valence-electron chi connectivity index (χ0n) is 11.4. The number of halogens is 1. The summed E-state index contributed by atoms with van der Waals surface area (Å²) < 4.78 is 12.5. The third-order valence-electron chi connectivity index (χ3n) is 3.31. The first-order valence-corrected chi connectivity index (χ1v) is 8.12. The predicted octanol–water partition coefficient (Wildman–Crippen LogP) is 3.41. The highest BCUT2D eigenvalue weighted by Gasteiger charge is 2.13. The summed E-state index contributed by atoms with van der Waals surface area (Å²) in [5, 5.41) is 1.05. The number of para-hydroxylation sites is 2. The van der Waals surface area contributed by atoms with Gasteiger partial charge in [-0.05, 0) is 42.3 Å². The molecule has 0 aliphatic heterocycles. The van der Waals surface area contributed by atoms with Gasteiger partial charge in [0.05, 0.1) is 27.6 Å². The Labute approximate surface area is 129 Å². The number of anilines is 1. The number of nitrogens with one attached hydrogen (secondary N) is 1. The average Bonchev–Trinajstić information content (AvgIpc) is 2.88. The molecule has 0 radical (unpaired) electrons. The second-order valence-electron chi connectivity index (χ2n) is 4.84. The molecule has 0 saturated heterocycles. The quantitative estimate of drug-likeness (QED) is 0.727. The van der Waals surface area contributed by atoms with Gasteiger partial charge < -0.3 is 10.7 Å². The standard InChI is InChI=1S/C15H14ClN3OS/c1-9-6-11(16)7-10(14(9)17)8-21(20)15-18-12-4-2-3-5-13(12)19-15/h2-7H,8,17H2,1H3,(H,18,19). The number of hydrogen-bond acceptors (Lipinski definition) is 3. The molecule has 108 valence electrons. The molecule has 4 nitrogen and oxygen atoms in total. The molecule has 21 heavy (non-hydrogen) atoms. The highest BCUT2D eigenvalue weighted by atomic mass is 35.5. The van der Waals surface area contributed by atoms with E-state index in [0.29, 0.717) is 15.9 Å². The second kappa shape index (κ2) is 5.50. The van der Waals surface area contributed by atoms with Gasteiger partial charge in [0, 0.05) is 10.7 Å². The summed E-state index contributed by atoms with van der Waals surface area (Å²) in [4.78, 5) is 7.43. The summed E-state index contributed by atoms with van der Waals surface area (Å²) in [7, 11) is -1.30. The number of hydrogen-bond donors (Lipinski definition) is 2. The molecule has 0 spiro atoms. The maximum absolute atomic E-state index is 12.5. The maximum atomic E-state index is 12.5. The van der Waals surface area contributed by atoms with Crippen molar-refractivity contribution in [2.24, 2.45) is 0 Å². The number of aromatic nitrogens is 2. The number of nitrogens with two attached hydrogens (primary N) is 1. The van der Waals surface area contributed by atoms with E-state index < -0.39 is 10.8 Å². The second-order valence-corrected chi connectivity index (χ2v) is 6.65. The van der Waals surface area contributed by atoms with Crippen molar-refractivity contribution in [3.05, 3.63) is 52.5 Å². The lowest BCUT2D eigenvalue weighted by Gasteiger charge is -2.08. The van der Waals surface area contributed by atoms with Crippen LogP contribution < -0.4 is 5.73 Å². The molecule has 3 N–H and O–H groups in total. The molecule has 3 aromatic rings. The summed E-state index contributed by atoms with van der Waals surface area (Å²) in [6, 6.07) is 11.1. The van der Waals surface area contributed by atoms with Gasteiger partial charge in [0.1, 0.15) is 0 Å². The number of nitrogen functional groups attached to an aromatic ring is 1. The van der Waals surface area contributed by atoms with E-state index in [2.05, 4.69) is 9.97 Å². The van der Waals surface area contributed by atoms with Crippen LogP contribution in [0.4, 0.5) is 5.69 Å². The molecular weight excluding hydrogens is 306 g/mol. The van der Waals surface area contributed by atoms with Crippen molar-refractivity contribution in [1.29, 1.82) is 0 Å². The van der Waals surface area contributed by atoms with Crippen molar-refractivity contribution >= 4 is 39.1 Å². The Morgan fingerprint density at radius 3 is 2.86 bits per heavy atom. The molecule has 6 heteroatoms. The molecule has 1 aromatic heterocycles. The molecule has 1 heterocycles. The van der Waals surface area contributed by atoms with Crippen molar-refractivity contribution < 1.29 is 4.21 Å². The lowest BCUT2D eigenvalue weighted by molar-refractivity contribution is 0.677. The first-order chi connectivity index (χ1) is 10.0. The van der Waals surface area contributed by atoms with Crippen LogP contribution in [0.5, 0.6) is 0 Å². The van der Waals surface area contributed by atoms with Crippen LogP contribution >= 0.6 is 11.6 Å². The fourth-order valence-electron chi connectivity index (χ4n) is 2.19. The summed E-state index contributed by atoms with van der Waals surface area (Å²) in [5.41, 5.74) is 10.00. The Morgan fingerprint density at radius 2 is 2.10 bits per heavy atom. The number of rotatable bonds is 3. The van der Waals surface area contributed by atoms with E-state index in [1.165, 1.54) is 0 Å². The molecule has 3 rings (SSSR count). The minimum atomic E-state index is -1.30. The van der Waals surface area contributed by atoms with Gasteiger partial charge in [-0.15, -0.1) is 0 Å². The van der Waals surface area contributed by atoms with Gasteiger partial charge in [-0.3, -0.25) is 4.21 Å². The lowest BCUT2D eigenvalue weighted by Crippen LogP contribution is -2.03. The van der Waals surface area contributed by atoms with Crippen LogP contribution in [0, 0.1) is 6.92 Å². The van der Waals surface area contributed by atoms with Crippen LogP contribution in [0.3, 0.4) is 0 Å². The predicted molar refractivity (Wildman–Crippen MR) is 86.8 cm³/mol. The van der Waals surface area contributed by atoms with Crippen LogP contribution in [0.15, 0.2) is 41.6 Å². The smallest absolute Gasteiger partial charge is 0.197 e. The molecule has 0 amide bonds. The fraction of sp³-hybridized carbons (Fsp3) is 0.133. The number of fused-ring (bicyclic) bond motifs is 1. The highest BCUT2D eigenvalue weighted by Crippen LogP contribution is 2.25. The Hall–Kier alpha value is -1.85. The van der Waals surface area contributed by atoms with E-state index in [-0.39, 0.29) is 5.75 Å². The summed E-state index contributed by atoms with van der Waals surface area (Å²) >= 11 is 6.04. The molecule has 1 atom stereocenters. The molecule has 0 bridgehead atoms. The van der Waals surface area contributed by atoms with Gasteiger partial charge in [-0.2, -0.15) is 0 Å². The van der Waals surface area contributed by atoms with Crippen molar-refractivity contribution in [1.82, 2.24) is 9.97 Å². The van der Waals surface area contributed by atoms with E-state index in [1.807, 2.05) is 31.2 Å². The Morgan fingerprint density at radius 1 is 1.33 bits per heavy atom. The van der Waals surface area contributed by atoms with Gasteiger partial charge in [0.15, 0.2) is 5.16 Å². The van der Waals surface area contributed by atoms with Crippen LogP contribution in [-0.2, 0) is 16.6 Å². The number of aryl methyl sites for hydroxylation is 1. The summed E-state index contributed by atoms with van der Waals surface area (Å²) in [6.07, 6.45) is 0. The minimum absolute atomic E-state index is 0.285. The van der Waals surface area contributed by atoms with Crippen LogP contribution in [0.25, 0.3) is 11.0 Å². The van der Waals surface area contributed by atoms with Crippen LogP contribution in [0.1, 0.15) is 11.1 Å². The van der Waals surface area contributed by atoms with E-state index in [1.54, 1.807) is 12.1 Å². The Balaban J connectivity index is 1.93. The van der Waals surface area contributed by atoms with E-state index in [0.717, 1.165) is 22.2 Å². The van der Waals surface area contributed by atoms with E-state index in [9.17, 15) is 4.21 Å². The molecule has 1 unspecified atom stereocenters. The minimum Gasteiger partial charge on any atom is -0.398 e. The largest absolute Gasteiger partial charge is 0.398 e. The van der Waals surface area contributed by atoms with Crippen molar-refractivity contribution in [3.8, 4) is 0 Å². The molecule has 0 aliphatic carbocycles. The Bertz CT molecular complexity index is 811. The molecule has 0 aliphatic rings. The van der Waals surface area contributed by atoms with Gasteiger partial charge in [0.25, 0.3) is 0 Å². The number of benzene rings is 2. The average molecular weight is 320 g/mol. The van der Waals surface area contributed by atoms with Gasteiger partial charge >= 0.3 is 0 Å². The lowest BCUT2D eigenvalue weighted by atomic mass is 10.1. The molecule has 0 saturated carbocycles. The maximum Gasteiger partial charge on any atom is 0.197 e. The summed E-state index contributed by atoms with van der Waals surface area (Å²) in [5.74, 6) is 0.285. The van der Waals surface area contributed by atoms with Gasteiger partial charge in [-0.25, -0.2) is 4.98 Å². The third-order valence-corrected chi connectivity index (χ3v) is 4.72. The monoisotopic (exact) mass is 319 g/mol. The van der Waals surface area contributed by atoms with Crippen molar-refractivity contribution in [2.45, 2.75) is 17.8 Å². The van der Waals surface area contributed by atoms with E-state index in [4.69, 9.17) is 17.3 Å². The number of nitrogens with zero attached hydrogens (tertiary/aromatic N) is 1. The first-order valence-electron chi connectivity index (χ1n) is 6.42. The number of aromatic amines is 1. The van der Waals surface area contributed by atoms with Gasteiger partial charge in [0.2, 0.25) is 0 Å². The number of H-pyrrole nitrogens is 1. The molecular formula is C15H14ClN3OS. The van der Waals surface area contributed by atoms with Crippen LogP contribution in [0.2, 0.25) is 5.02 Å². The van der Waals surface area contributed by atoms with E-state index >= 15 is 0 Å². The van der Waals surface area contributed by atoms with Crippen molar-refractivity contribution in [3.63, 3.8) is 0 Å².